The first-order valence-corrected chi connectivity index (χ1v) is 7.27. The Balaban J connectivity index is 2.23. The molecule has 0 spiro atoms. The minimum absolute atomic E-state index is 0.241. The van der Waals surface area contributed by atoms with Crippen LogP contribution in [0.5, 0.6) is 5.75 Å². The van der Waals surface area contributed by atoms with Crippen LogP contribution < -0.4 is 10.1 Å². The Morgan fingerprint density at radius 1 is 1.41 bits per heavy atom. The Kier molecular flexibility index (Phi) is 3.32. The average Bonchev–Trinajstić information content (AvgIpc) is 2.44. The van der Waals surface area contributed by atoms with Crippen LogP contribution >= 0.6 is 12.2 Å². The number of para-hydroxylation sites is 1. The molecule has 7 heteroatoms. The molecule has 0 aromatic heterocycles. The SMILES string of the molecule is COC(=O)C1[C@H]2c3ccccc3O[C@]1(C)NC(=S)N2C(C)=O. The van der Waals surface area contributed by atoms with Crippen LogP contribution in [0.15, 0.2) is 24.3 Å². The van der Waals surface area contributed by atoms with E-state index >= 15 is 0 Å². The molecule has 1 aromatic carbocycles. The minimum atomic E-state index is -1.06. The maximum absolute atomic E-state index is 12.3. The highest BCUT2D eigenvalue weighted by Gasteiger charge is 2.58. The summed E-state index contributed by atoms with van der Waals surface area (Å²) in [5, 5.41) is 3.22. The van der Waals surface area contributed by atoms with E-state index in [1.807, 2.05) is 24.3 Å². The minimum Gasteiger partial charge on any atom is -0.469 e. The van der Waals surface area contributed by atoms with E-state index in [0.29, 0.717) is 5.75 Å². The second-order valence-electron chi connectivity index (χ2n) is 5.51. The summed E-state index contributed by atoms with van der Waals surface area (Å²) >= 11 is 5.30. The second-order valence-corrected chi connectivity index (χ2v) is 5.90. The number of benzene rings is 1. The molecule has 2 bridgehead atoms. The fourth-order valence-corrected chi connectivity index (χ4v) is 3.65. The number of nitrogens with zero attached hydrogens (tertiary/aromatic N) is 1. The summed E-state index contributed by atoms with van der Waals surface area (Å²) in [6.07, 6.45) is 0. The third-order valence-electron chi connectivity index (χ3n) is 4.12. The van der Waals surface area contributed by atoms with Crippen LogP contribution in [0.25, 0.3) is 0 Å². The molecule has 1 amide bonds. The maximum atomic E-state index is 12.3. The number of esters is 1. The van der Waals surface area contributed by atoms with E-state index in [2.05, 4.69) is 5.32 Å². The molecule has 22 heavy (non-hydrogen) atoms. The number of fused-ring (bicyclic) bond motifs is 4. The number of rotatable bonds is 1. The monoisotopic (exact) mass is 320 g/mol. The van der Waals surface area contributed by atoms with Crippen LogP contribution in [0.4, 0.5) is 0 Å². The van der Waals surface area contributed by atoms with Crippen LogP contribution in [-0.4, -0.2) is 34.7 Å². The molecule has 116 valence electrons. The van der Waals surface area contributed by atoms with E-state index in [-0.39, 0.29) is 11.0 Å². The van der Waals surface area contributed by atoms with Crippen molar-refractivity contribution in [1.82, 2.24) is 10.2 Å². The summed E-state index contributed by atoms with van der Waals surface area (Å²) in [5.41, 5.74) is -0.316. The van der Waals surface area contributed by atoms with Gasteiger partial charge in [-0.05, 0) is 25.2 Å². The molecule has 6 nitrogen and oxygen atoms in total. The Hall–Kier alpha value is -2.15. The highest BCUT2D eigenvalue weighted by molar-refractivity contribution is 7.80. The zero-order valence-electron chi connectivity index (χ0n) is 12.5. The third kappa shape index (κ3) is 1.96. The number of carbonyl (C=O) groups is 2. The van der Waals surface area contributed by atoms with Crippen molar-refractivity contribution in [3.63, 3.8) is 0 Å². The van der Waals surface area contributed by atoms with Crippen molar-refractivity contribution in [3.8, 4) is 5.75 Å². The van der Waals surface area contributed by atoms with Gasteiger partial charge in [-0.2, -0.15) is 0 Å². The van der Waals surface area contributed by atoms with E-state index in [1.54, 1.807) is 6.92 Å². The molecule has 2 aliphatic heterocycles. The third-order valence-corrected chi connectivity index (χ3v) is 4.41. The molecule has 0 saturated carbocycles. The first-order valence-electron chi connectivity index (χ1n) is 6.87. The van der Waals surface area contributed by atoms with Crippen LogP contribution in [0.2, 0.25) is 0 Å². The number of hydrogen-bond acceptors (Lipinski definition) is 5. The van der Waals surface area contributed by atoms with Gasteiger partial charge in [-0.25, -0.2) is 0 Å². The van der Waals surface area contributed by atoms with Crippen LogP contribution in [0, 0.1) is 5.92 Å². The molecule has 1 unspecified atom stereocenters. The van der Waals surface area contributed by atoms with Gasteiger partial charge in [-0.3, -0.25) is 14.5 Å². The smallest absolute Gasteiger partial charge is 0.317 e. The second kappa shape index (κ2) is 4.95. The zero-order chi connectivity index (χ0) is 16.1. The standard InChI is InChI=1S/C15H16N2O4S/c1-8(18)17-12-9-6-4-5-7-10(9)21-15(2,16-14(17)22)11(12)13(19)20-3/h4-7,11-12H,1-3H3,(H,16,22)/t11?,12-,15+/m1/s1. The van der Waals surface area contributed by atoms with Crippen molar-refractivity contribution in [1.29, 1.82) is 0 Å². The predicted octanol–water partition coefficient (Wildman–Crippen LogP) is 1.36. The molecular formula is C15H16N2O4S. The lowest BCUT2D eigenvalue weighted by molar-refractivity contribution is -0.165. The van der Waals surface area contributed by atoms with Gasteiger partial charge in [0.05, 0.1) is 13.2 Å². The van der Waals surface area contributed by atoms with Gasteiger partial charge in [0, 0.05) is 12.5 Å². The molecule has 0 radical (unpaired) electrons. The summed E-state index contributed by atoms with van der Waals surface area (Å²) < 4.78 is 10.9. The number of ether oxygens (including phenoxy) is 2. The van der Waals surface area contributed by atoms with Gasteiger partial charge in [0.1, 0.15) is 11.7 Å². The van der Waals surface area contributed by atoms with Crippen LogP contribution in [0.1, 0.15) is 25.5 Å². The fourth-order valence-electron chi connectivity index (χ4n) is 3.20. The van der Waals surface area contributed by atoms with Crippen LogP contribution in [-0.2, 0) is 14.3 Å². The molecule has 1 saturated heterocycles. The normalized spacial score (nSPS) is 29.0. The van der Waals surface area contributed by atoms with Crippen molar-refractivity contribution in [2.75, 3.05) is 7.11 Å². The zero-order valence-corrected chi connectivity index (χ0v) is 13.3. The summed E-state index contributed by atoms with van der Waals surface area (Å²) in [6.45, 7) is 3.16. The van der Waals surface area contributed by atoms with Gasteiger partial charge in [0.15, 0.2) is 10.8 Å². The number of carbonyl (C=O) groups excluding carboxylic acids is 2. The van der Waals surface area contributed by atoms with Crippen molar-refractivity contribution in [2.45, 2.75) is 25.6 Å². The number of nitrogens with one attached hydrogen (secondary N) is 1. The van der Waals surface area contributed by atoms with E-state index < -0.39 is 23.7 Å². The predicted molar refractivity (Wildman–Crippen MR) is 82.0 cm³/mol. The summed E-state index contributed by atoms with van der Waals surface area (Å²) in [7, 11) is 1.32. The quantitative estimate of drug-likeness (QED) is 0.622. The number of amides is 1. The molecule has 1 fully saturated rings. The van der Waals surface area contributed by atoms with Crippen molar-refractivity contribution in [2.24, 2.45) is 5.92 Å². The molecule has 3 atom stereocenters. The van der Waals surface area contributed by atoms with E-state index in [4.69, 9.17) is 21.7 Å². The van der Waals surface area contributed by atoms with Gasteiger partial charge in [0.25, 0.3) is 0 Å². The van der Waals surface area contributed by atoms with Gasteiger partial charge >= 0.3 is 5.97 Å². The lowest BCUT2D eigenvalue weighted by Gasteiger charge is -2.53. The van der Waals surface area contributed by atoms with Gasteiger partial charge < -0.3 is 14.8 Å². The Morgan fingerprint density at radius 3 is 2.73 bits per heavy atom. The molecule has 2 heterocycles. The molecule has 1 N–H and O–H groups in total. The highest BCUT2D eigenvalue weighted by Crippen LogP contribution is 2.48. The first-order chi connectivity index (χ1) is 10.4. The Labute approximate surface area is 133 Å². The lowest BCUT2D eigenvalue weighted by atomic mass is 9.79. The highest BCUT2D eigenvalue weighted by atomic mass is 32.1. The number of methoxy groups -OCH3 is 1. The first kappa shape index (κ1) is 14.8. The van der Waals surface area contributed by atoms with Crippen molar-refractivity contribution < 1.29 is 19.1 Å². The Bertz CT molecular complexity index is 677. The summed E-state index contributed by atoms with van der Waals surface area (Å²) in [4.78, 5) is 25.8. The van der Waals surface area contributed by atoms with E-state index in [1.165, 1.54) is 18.9 Å². The molecule has 0 aliphatic carbocycles. The number of hydrogen-bond donors (Lipinski definition) is 1. The summed E-state index contributed by atoms with van der Waals surface area (Å²) in [5.74, 6) is -0.794. The topological polar surface area (TPSA) is 67.9 Å². The average molecular weight is 320 g/mol. The van der Waals surface area contributed by atoms with Gasteiger partial charge in [0.2, 0.25) is 5.91 Å². The van der Waals surface area contributed by atoms with Crippen LogP contribution in [0.3, 0.4) is 0 Å². The maximum Gasteiger partial charge on any atom is 0.317 e. The largest absolute Gasteiger partial charge is 0.469 e. The van der Waals surface area contributed by atoms with Gasteiger partial charge in [-0.1, -0.05) is 18.2 Å². The summed E-state index contributed by atoms with van der Waals surface area (Å²) in [6, 6.07) is 6.77. The lowest BCUT2D eigenvalue weighted by Crippen LogP contribution is -2.71. The number of thiocarbonyl (C=S) groups is 1. The van der Waals surface area contributed by atoms with Crippen molar-refractivity contribution >= 4 is 29.2 Å². The van der Waals surface area contributed by atoms with E-state index in [0.717, 1.165) is 5.56 Å². The molecule has 2 aliphatic rings. The fraction of sp³-hybridized carbons (Fsp3) is 0.400. The molecular weight excluding hydrogens is 304 g/mol. The van der Waals surface area contributed by atoms with E-state index in [9.17, 15) is 9.59 Å². The molecule has 3 rings (SSSR count). The molecule has 1 aromatic rings. The Morgan fingerprint density at radius 2 is 2.09 bits per heavy atom. The van der Waals surface area contributed by atoms with Crippen molar-refractivity contribution in [3.05, 3.63) is 29.8 Å². The van der Waals surface area contributed by atoms with Gasteiger partial charge in [-0.15, -0.1) is 0 Å².